The monoisotopic (exact) mass is 228 g/mol. The van der Waals surface area contributed by atoms with Gasteiger partial charge in [0.25, 0.3) is 0 Å². The largest absolute Gasteiger partial charge is 0.490 e. The minimum atomic E-state index is 0.0169. The molecule has 1 atom stereocenters. The van der Waals surface area contributed by atoms with Gasteiger partial charge in [-0.05, 0) is 25.5 Å². The zero-order chi connectivity index (χ0) is 12.3. The number of rotatable bonds is 3. The molecule has 0 saturated heterocycles. The fourth-order valence-corrected chi connectivity index (χ4v) is 2.12. The first kappa shape index (κ1) is 11.6. The molecule has 2 heteroatoms. The van der Waals surface area contributed by atoms with E-state index in [1.165, 1.54) is 0 Å². The van der Waals surface area contributed by atoms with Crippen molar-refractivity contribution in [2.24, 2.45) is 0 Å². The molecule has 0 N–H and O–H groups in total. The highest BCUT2D eigenvalue weighted by atomic mass is 16.5. The third-order valence-corrected chi connectivity index (χ3v) is 2.91. The molecule has 1 aliphatic rings. The van der Waals surface area contributed by atoms with Crippen molar-refractivity contribution in [1.29, 1.82) is 0 Å². The first-order valence-corrected chi connectivity index (χ1v) is 5.88. The van der Waals surface area contributed by atoms with Gasteiger partial charge < -0.3 is 4.74 Å². The molecule has 2 nitrogen and oxygen atoms in total. The average Bonchev–Trinajstić information content (AvgIpc) is 2.68. The lowest BCUT2D eigenvalue weighted by Crippen LogP contribution is -2.05. The Morgan fingerprint density at radius 1 is 1.29 bits per heavy atom. The molecule has 0 heterocycles. The van der Waals surface area contributed by atoms with Crippen LogP contribution in [0.3, 0.4) is 0 Å². The molecule has 0 fully saturated rings. The van der Waals surface area contributed by atoms with Gasteiger partial charge in [-0.25, -0.2) is 0 Å². The Bertz CT molecular complexity index is 469. The highest BCUT2D eigenvalue weighted by molar-refractivity contribution is 6.11. The fraction of sp³-hybridized carbons (Fsp3) is 0.267. The molecule has 88 valence electrons. The molecule has 0 spiro atoms. The normalized spacial score (nSPS) is 21.8. The molecule has 0 aliphatic heterocycles. The van der Waals surface area contributed by atoms with Crippen LogP contribution < -0.4 is 0 Å². The maximum Gasteiger partial charge on any atom is 0.223 e. The van der Waals surface area contributed by atoms with Crippen molar-refractivity contribution in [2.75, 3.05) is 6.61 Å². The van der Waals surface area contributed by atoms with E-state index in [0.29, 0.717) is 12.4 Å². The first-order valence-electron chi connectivity index (χ1n) is 5.88. The maximum atomic E-state index is 12.0. The minimum Gasteiger partial charge on any atom is -0.490 e. The third kappa shape index (κ3) is 2.16. The summed E-state index contributed by atoms with van der Waals surface area (Å²) in [6.07, 6.45) is 3.79. The first-order chi connectivity index (χ1) is 8.27. The smallest absolute Gasteiger partial charge is 0.223 e. The third-order valence-electron chi connectivity index (χ3n) is 2.91. The zero-order valence-corrected chi connectivity index (χ0v) is 10.1. The summed E-state index contributed by atoms with van der Waals surface area (Å²) in [6, 6.07) is 10.0. The van der Waals surface area contributed by atoms with Gasteiger partial charge in [0.05, 0.1) is 6.61 Å². The van der Waals surface area contributed by atoms with E-state index in [1.54, 1.807) is 0 Å². The van der Waals surface area contributed by atoms with Gasteiger partial charge in [0.2, 0.25) is 5.78 Å². The summed E-state index contributed by atoms with van der Waals surface area (Å²) in [5.74, 6) is 0.535. The number of ketones is 1. The summed E-state index contributed by atoms with van der Waals surface area (Å²) in [5.41, 5.74) is 1.93. The van der Waals surface area contributed by atoms with E-state index in [1.807, 2.05) is 56.3 Å². The molecule has 0 radical (unpaired) electrons. The second kappa shape index (κ2) is 5.00. The van der Waals surface area contributed by atoms with Gasteiger partial charge in [-0.3, -0.25) is 4.79 Å². The van der Waals surface area contributed by atoms with Crippen LogP contribution in [0.4, 0.5) is 0 Å². The Morgan fingerprint density at radius 2 is 2.00 bits per heavy atom. The molecular weight excluding hydrogens is 212 g/mol. The fourth-order valence-electron chi connectivity index (χ4n) is 2.12. The van der Waals surface area contributed by atoms with Crippen LogP contribution in [-0.2, 0) is 9.53 Å². The Morgan fingerprint density at radius 3 is 2.59 bits per heavy atom. The van der Waals surface area contributed by atoms with Crippen LogP contribution in [0.25, 0.3) is 0 Å². The summed E-state index contributed by atoms with van der Waals surface area (Å²) < 4.78 is 5.37. The van der Waals surface area contributed by atoms with E-state index < -0.39 is 0 Å². The van der Waals surface area contributed by atoms with Gasteiger partial charge >= 0.3 is 0 Å². The standard InChI is InChI=1S/C15H16O2/c1-3-12-13(11-8-6-5-7-9-11)10-14(15(12)16)17-4-2/h3,5-10,13H,4H2,1-2H3/b12-3+. The molecule has 1 aromatic carbocycles. The van der Waals surface area contributed by atoms with Crippen LogP contribution in [0.2, 0.25) is 0 Å². The average molecular weight is 228 g/mol. The van der Waals surface area contributed by atoms with E-state index in [9.17, 15) is 4.79 Å². The van der Waals surface area contributed by atoms with Crippen LogP contribution in [0.15, 0.2) is 53.8 Å². The highest BCUT2D eigenvalue weighted by Crippen LogP contribution is 2.35. The highest BCUT2D eigenvalue weighted by Gasteiger charge is 2.31. The molecule has 0 amide bonds. The Labute approximate surface area is 102 Å². The van der Waals surface area contributed by atoms with Gasteiger partial charge in [0, 0.05) is 11.5 Å². The van der Waals surface area contributed by atoms with Gasteiger partial charge in [0.15, 0.2) is 5.76 Å². The molecule has 1 unspecified atom stereocenters. The Hall–Kier alpha value is -1.83. The second-order valence-electron chi connectivity index (χ2n) is 3.93. The van der Waals surface area contributed by atoms with Crippen molar-refractivity contribution in [3.05, 3.63) is 59.4 Å². The molecule has 2 rings (SSSR count). The number of allylic oxidation sites excluding steroid dienone is 3. The van der Waals surface area contributed by atoms with E-state index >= 15 is 0 Å². The van der Waals surface area contributed by atoms with Crippen molar-refractivity contribution in [1.82, 2.24) is 0 Å². The predicted molar refractivity (Wildman–Crippen MR) is 67.7 cm³/mol. The summed E-state index contributed by atoms with van der Waals surface area (Å²) >= 11 is 0. The lowest BCUT2D eigenvalue weighted by Gasteiger charge is -2.08. The van der Waals surface area contributed by atoms with E-state index in [2.05, 4.69) is 0 Å². The van der Waals surface area contributed by atoms with Gasteiger partial charge in [-0.15, -0.1) is 0 Å². The summed E-state index contributed by atoms with van der Waals surface area (Å²) in [5, 5.41) is 0. The molecule has 1 aromatic rings. The number of benzene rings is 1. The van der Waals surface area contributed by atoms with Crippen LogP contribution in [0.5, 0.6) is 0 Å². The summed E-state index contributed by atoms with van der Waals surface area (Å²) in [6.45, 7) is 4.31. The number of hydrogen-bond donors (Lipinski definition) is 0. The van der Waals surface area contributed by atoms with Gasteiger partial charge in [-0.1, -0.05) is 36.4 Å². The number of carbonyl (C=O) groups excluding carboxylic acids is 1. The second-order valence-corrected chi connectivity index (χ2v) is 3.93. The summed E-state index contributed by atoms with van der Waals surface area (Å²) in [4.78, 5) is 12.0. The molecule has 0 aromatic heterocycles. The number of carbonyl (C=O) groups is 1. The van der Waals surface area contributed by atoms with E-state index in [-0.39, 0.29) is 11.7 Å². The van der Waals surface area contributed by atoms with Crippen molar-refractivity contribution in [2.45, 2.75) is 19.8 Å². The van der Waals surface area contributed by atoms with Gasteiger partial charge in [-0.2, -0.15) is 0 Å². The zero-order valence-electron chi connectivity index (χ0n) is 10.1. The quantitative estimate of drug-likeness (QED) is 0.742. The topological polar surface area (TPSA) is 26.3 Å². The van der Waals surface area contributed by atoms with Crippen LogP contribution in [-0.4, -0.2) is 12.4 Å². The van der Waals surface area contributed by atoms with Crippen molar-refractivity contribution < 1.29 is 9.53 Å². The molecule has 0 saturated carbocycles. The molecular formula is C15H16O2. The van der Waals surface area contributed by atoms with Gasteiger partial charge in [0.1, 0.15) is 0 Å². The molecule has 0 bridgehead atoms. The Balaban J connectivity index is 2.37. The van der Waals surface area contributed by atoms with E-state index in [0.717, 1.165) is 11.1 Å². The van der Waals surface area contributed by atoms with Crippen LogP contribution >= 0.6 is 0 Å². The van der Waals surface area contributed by atoms with Crippen molar-refractivity contribution in [3.8, 4) is 0 Å². The molecule has 17 heavy (non-hydrogen) atoms. The number of ether oxygens (including phenoxy) is 1. The van der Waals surface area contributed by atoms with Crippen molar-refractivity contribution in [3.63, 3.8) is 0 Å². The number of hydrogen-bond acceptors (Lipinski definition) is 2. The predicted octanol–water partition coefficient (Wildman–Crippen LogP) is 3.22. The minimum absolute atomic E-state index is 0.0169. The van der Waals surface area contributed by atoms with Crippen molar-refractivity contribution >= 4 is 5.78 Å². The maximum absolute atomic E-state index is 12.0. The SMILES string of the molecule is C/C=C1/C(=O)C(OCC)=CC1c1ccccc1. The lowest BCUT2D eigenvalue weighted by molar-refractivity contribution is -0.114. The summed E-state index contributed by atoms with van der Waals surface area (Å²) in [7, 11) is 0. The number of Topliss-reactive ketones (excluding diaryl/α,β-unsaturated/α-hetero) is 1. The van der Waals surface area contributed by atoms with E-state index in [4.69, 9.17) is 4.74 Å². The van der Waals surface area contributed by atoms with Crippen LogP contribution in [0.1, 0.15) is 25.3 Å². The lowest BCUT2D eigenvalue weighted by atomic mass is 9.94. The molecule has 1 aliphatic carbocycles. The Kier molecular flexibility index (Phi) is 3.43. The van der Waals surface area contributed by atoms with Crippen LogP contribution in [0, 0.1) is 0 Å².